The number of amidine groups is 1. The van der Waals surface area contributed by atoms with Gasteiger partial charge < -0.3 is 11.5 Å². The van der Waals surface area contributed by atoms with Crippen molar-refractivity contribution >= 4 is 17.6 Å². The molecule has 5 nitrogen and oxygen atoms in total. The molecule has 0 saturated heterocycles. The second kappa shape index (κ2) is 2.49. The summed E-state index contributed by atoms with van der Waals surface area (Å²) in [7, 11) is 0. The van der Waals surface area contributed by atoms with Gasteiger partial charge in [0.2, 0.25) is 0 Å². The van der Waals surface area contributed by atoms with Gasteiger partial charge in [-0.15, -0.1) is 0 Å². The van der Waals surface area contributed by atoms with E-state index in [2.05, 4.69) is 0 Å². The standard InChI is InChI=1S/C4H8N4OS/c5-3(6)2-1-8(9)4(7)10-2/h1,4,9H,7H2,(H3,5,6). The molecule has 10 heavy (non-hydrogen) atoms. The number of hydrogen-bond acceptors (Lipinski definition) is 5. The van der Waals surface area contributed by atoms with Crippen molar-refractivity contribution in [3.05, 3.63) is 11.1 Å². The van der Waals surface area contributed by atoms with Crippen LogP contribution in [0.2, 0.25) is 0 Å². The van der Waals surface area contributed by atoms with Crippen LogP contribution < -0.4 is 11.5 Å². The Kier molecular flexibility index (Phi) is 1.84. The minimum atomic E-state index is -0.529. The maximum atomic E-state index is 8.88. The molecule has 0 amide bonds. The molecule has 6 N–H and O–H groups in total. The number of nitrogens with two attached hydrogens (primary N) is 2. The van der Waals surface area contributed by atoms with Gasteiger partial charge in [-0.2, -0.15) is 0 Å². The van der Waals surface area contributed by atoms with Crippen molar-refractivity contribution < 1.29 is 5.21 Å². The van der Waals surface area contributed by atoms with Crippen molar-refractivity contribution in [2.75, 3.05) is 0 Å². The van der Waals surface area contributed by atoms with Crippen molar-refractivity contribution in [3.8, 4) is 0 Å². The Morgan fingerprint density at radius 2 is 2.50 bits per heavy atom. The van der Waals surface area contributed by atoms with Gasteiger partial charge >= 0.3 is 0 Å². The number of rotatable bonds is 1. The normalized spacial score (nSPS) is 24.8. The van der Waals surface area contributed by atoms with Gasteiger partial charge in [-0.3, -0.25) is 10.6 Å². The first-order valence-electron chi connectivity index (χ1n) is 2.57. The minimum Gasteiger partial charge on any atom is -0.383 e. The molecule has 56 valence electrons. The zero-order valence-corrected chi connectivity index (χ0v) is 5.93. The molecule has 1 aliphatic rings. The van der Waals surface area contributed by atoms with Crippen LogP contribution in [0.4, 0.5) is 0 Å². The Labute approximate surface area is 62.1 Å². The summed E-state index contributed by atoms with van der Waals surface area (Å²) in [6.07, 6.45) is 1.33. The Bertz CT molecular complexity index is 192. The highest BCUT2D eigenvalue weighted by molar-refractivity contribution is 8.04. The molecule has 1 aliphatic heterocycles. The largest absolute Gasteiger partial charge is 0.383 e. The molecule has 0 aliphatic carbocycles. The summed E-state index contributed by atoms with van der Waals surface area (Å²) in [4.78, 5) is 0.495. The van der Waals surface area contributed by atoms with Gasteiger partial charge in [-0.25, -0.2) is 5.06 Å². The summed E-state index contributed by atoms with van der Waals surface area (Å²) in [5, 5.41) is 16.7. The Morgan fingerprint density at radius 3 is 2.70 bits per heavy atom. The van der Waals surface area contributed by atoms with Crippen LogP contribution in [0.3, 0.4) is 0 Å². The van der Waals surface area contributed by atoms with Crippen LogP contribution in [0.1, 0.15) is 0 Å². The summed E-state index contributed by atoms with van der Waals surface area (Å²) in [6.45, 7) is 0. The first-order valence-corrected chi connectivity index (χ1v) is 3.45. The average molecular weight is 160 g/mol. The van der Waals surface area contributed by atoms with Crippen molar-refractivity contribution in [2.45, 2.75) is 5.50 Å². The van der Waals surface area contributed by atoms with Gasteiger partial charge in [-0.05, 0) is 0 Å². The zero-order valence-electron chi connectivity index (χ0n) is 5.11. The SMILES string of the molecule is N=C(N)C1=CN(O)C(N)S1. The molecule has 1 unspecified atom stereocenters. The van der Waals surface area contributed by atoms with E-state index in [1.807, 2.05) is 0 Å². The minimum absolute atomic E-state index is 0.0722. The Morgan fingerprint density at radius 1 is 1.90 bits per heavy atom. The van der Waals surface area contributed by atoms with E-state index >= 15 is 0 Å². The third-order valence-electron chi connectivity index (χ3n) is 1.02. The number of hydroxylamine groups is 2. The van der Waals surface area contributed by atoms with Crippen molar-refractivity contribution in [2.24, 2.45) is 11.5 Å². The molecule has 1 heterocycles. The number of nitrogens with one attached hydrogen (secondary N) is 1. The molecular formula is C4H8N4OS. The molecule has 1 rings (SSSR count). The monoisotopic (exact) mass is 160 g/mol. The molecule has 0 spiro atoms. The van der Waals surface area contributed by atoms with E-state index in [0.717, 1.165) is 16.8 Å². The van der Waals surface area contributed by atoms with Crippen LogP contribution in [0, 0.1) is 5.41 Å². The van der Waals surface area contributed by atoms with Crippen molar-refractivity contribution in [1.82, 2.24) is 5.06 Å². The lowest BCUT2D eigenvalue weighted by molar-refractivity contribution is -0.0468. The van der Waals surface area contributed by atoms with Gasteiger partial charge in [0.15, 0.2) is 5.50 Å². The molecule has 0 fully saturated rings. The van der Waals surface area contributed by atoms with Crippen LogP contribution in [0.25, 0.3) is 0 Å². The summed E-state index contributed by atoms with van der Waals surface area (Å²) >= 11 is 1.15. The summed E-state index contributed by atoms with van der Waals surface area (Å²) in [5.74, 6) is -0.0722. The molecule has 0 radical (unpaired) electrons. The van der Waals surface area contributed by atoms with Gasteiger partial charge in [0, 0.05) is 6.20 Å². The predicted molar refractivity (Wildman–Crippen MR) is 39.2 cm³/mol. The van der Waals surface area contributed by atoms with Crippen LogP contribution in [-0.2, 0) is 0 Å². The second-order valence-electron chi connectivity index (χ2n) is 1.80. The van der Waals surface area contributed by atoms with E-state index < -0.39 is 5.50 Å². The molecule has 0 aromatic rings. The van der Waals surface area contributed by atoms with Crippen molar-refractivity contribution in [1.29, 1.82) is 5.41 Å². The van der Waals surface area contributed by atoms with Crippen LogP contribution >= 0.6 is 11.8 Å². The summed E-state index contributed by atoms with van der Waals surface area (Å²) in [6, 6.07) is 0. The molecule has 6 heteroatoms. The van der Waals surface area contributed by atoms with Crippen LogP contribution in [-0.4, -0.2) is 21.6 Å². The first kappa shape index (κ1) is 7.39. The molecule has 0 aromatic carbocycles. The molecule has 0 bridgehead atoms. The number of hydrogen-bond donors (Lipinski definition) is 4. The van der Waals surface area contributed by atoms with E-state index in [1.54, 1.807) is 0 Å². The zero-order chi connectivity index (χ0) is 7.72. The molecule has 1 atom stereocenters. The van der Waals surface area contributed by atoms with Crippen LogP contribution in [0.5, 0.6) is 0 Å². The smallest absolute Gasteiger partial charge is 0.154 e. The lowest BCUT2D eigenvalue weighted by Gasteiger charge is -2.10. The third-order valence-corrected chi connectivity index (χ3v) is 2.06. The van der Waals surface area contributed by atoms with Gasteiger partial charge in [-0.1, -0.05) is 11.8 Å². The summed E-state index contributed by atoms with van der Waals surface area (Å²) < 4.78 is 0. The van der Waals surface area contributed by atoms with E-state index in [9.17, 15) is 0 Å². The predicted octanol–water partition coefficient (Wildman–Crippen LogP) is -0.556. The van der Waals surface area contributed by atoms with E-state index in [4.69, 9.17) is 22.1 Å². The molecule has 0 saturated carbocycles. The first-order chi connectivity index (χ1) is 4.61. The van der Waals surface area contributed by atoms with Gasteiger partial charge in [0.05, 0.1) is 4.91 Å². The summed E-state index contributed by atoms with van der Waals surface area (Å²) in [5.41, 5.74) is 9.94. The van der Waals surface area contributed by atoms with Crippen LogP contribution in [0.15, 0.2) is 11.1 Å². The van der Waals surface area contributed by atoms with E-state index in [-0.39, 0.29) is 5.84 Å². The highest BCUT2D eigenvalue weighted by Gasteiger charge is 2.21. The topological polar surface area (TPSA) is 99.4 Å². The molecular weight excluding hydrogens is 152 g/mol. The fourth-order valence-electron chi connectivity index (χ4n) is 0.541. The maximum absolute atomic E-state index is 8.88. The Hall–Kier alpha value is -0.720. The quantitative estimate of drug-likeness (QED) is 0.304. The highest BCUT2D eigenvalue weighted by Crippen LogP contribution is 2.27. The van der Waals surface area contributed by atoms with Gasteiger partial charge in [0.1, 0.15) is 5.84 Å². The second-order valence-corrected chi connectivity index (χ2v) is 2.95. The Balaban J connectivity index is 2.67. The highest BCUT2D eigenvalue weighted by atomic mass is 32.2. The van der Waals surface area contributed by atoms with E-state index in [0.29, 0.717) is 4.91 Å². The average Bonchev–Trinajstić information content (AvgIpc) is 2.13. The number of nitrogens with zero attached hydrogens (tertiary/aromatic N) is 1. The fraction of sp³-hybridized carbons (Fsp3) is 0.250. The molecule has 0 aromatic heterocycles. The number of thioether (sulfide) groups is 1. The fourth-order valence-corrected chi connectivity index (χ4v) is 1.27. The van der Waals surface area contributed by atoms with E-state index in [1.165, 1.54) is 6.20 Å². The lowest BCUT2D eigenvalue weighted by atomic mass is 10.5. The third kappa shape index (κ3) is 1.23. The van der Waals surface area contributed by atoms with Crippen molar-refractivity contribution in [3.63, 3.8) is 0 Å². The maximum Gasteiger partial charge on any atom is 0.154 e. The van der Waals surface area contributed by atoms with Gasteiger partial charge in [0.25, 0.3) is 0 Å². The lowest BCUT2D eigenvalue weighted by Crippen LogP contribution is -2.29.